The summed E-state index contributed by atoms with van der Waals surface area (Å²) in [6.07, 6.45) is 5.03. The topological polar surface area (TPSA) is 59.0 Å². The molecule has 1 aromatic carbocycles. The van der Waals surface area contributed by atoms with Crippen LogP contribution in [0.15, 0.2) is 30.5 Å². The summed E-state index contributed by atoms with van der Waals surface area (Å²) < 4.78 is 14.9. The highest BCUT2D eigenvalue weighted by molar-refractivity contribution is 5.95. The van der Waals surface area contributed by atoms with Crippen molar-refractivity contribution in [3.8, 4) is 5.69 Å². The molecule has 3 rings (SSSR count). The minimum atomic E-state index is -0.290. The molecule has 5 nitrogen and oxygen atoms in total. The summed E-state index contributed by atoms with van der Waals surface area (Å²) in [5.41, 5.74) is 2.18. The molecule has 1 aliphatic heterocycles. The van der Waals surface area contributed by atoms with Crippen molar-refractivity contribution >= 4 is 18.3 Å². The van der Waals surface area contributed by atoms with Gasteiger partial charge in [0.2, 0.25) is 0 Å². The summed E-state index contributed by atoms with van der Waals surface area (Å²) in [6, 6.07) is 6.15. The third-order valence-electron chi connectivity index (χ3n) is 4.91. The molecular formula is C20H28ClFN4O. The molecule has 2 heterocycles. The second-order valence-corrected chi connectivity index (χ2v) is 7.24. The number of amides is 1. The average Bonchev–Trinajstić information content (AvgIpc) is 3.08. The van der Waals surface area contributed by atoms with Crippen LogP contribution in [-0.4, -0.2) is 35.3 Å². The highest BCUT2D eigenvalue weighted by Gasteiger charge is 2.21. The second kappa shape index (κ2) is 9.85. The molecule has 27 heavy (non-hydrogen) atoms. The van der Waals surface area contributed by atoms with Gasteiger partial charge in [-0.15, -0.1) is 12.4 Å². The summed E-state index contributed by atoms with van der Waals surface area (Å²) in [5, 5.41) is 10.8. The second-order valence-electron chi connectivity index (χ2n) is 7.24. The van der Waals surface area contributed by atoms with E-state index in [9.17, 15) is 9.18 Å². The zero-order valence-corrected chi connectivity index (χ0v) is 16.7. The number of nitrogens with one attached hydrogen (secondary N) is 2. The average molecular weight is 395 g/mol. The van der Waals surface area contributed by atoms with Gasteiger partial charge in [-0.25, -0.2) is 9.07 Å². The maximum atomic E-state index is 13.2. The Kier molecular flexibility index (Phi) is 7.80. The number of aromatic nitrogens is 2. The van der Waals surface area contributed by atoms with E-state index < -0.39 is 0 Å². The summed E-state index contributed by atoms with van der Waals surface area (Å²) in [7, 11) is 0. The van der Waals surface area contributed by atoms with Gasteiger partial charge in [0.05, 0.1) is 23.1 Å². The molecular weight excluding hydrogens is 367 g/mol. The lowest BCUT2D eigenvalue weighted by molar-refractivity contribution is 0.0949. The van der Waals surface area contributed by atoms with E-state index in [1.165, 1.54) is 25.0 Å². The van der Waals surface area contributed by atoms with Gasteiger partial charge in [-0.1, -0.05) is 13.8 Å². The minimum absolute atomic E-state index is 0. The van der Waals surface area contributed by atoms with Gasteiger partial charge in [0.1, 0.15) is 5.82 Å². The first kappa shape index (κ1) is 21.4. The van der Waals surface area contributed by atoms with Crippen molar-refractivity contribution in [3.05, 3.63) is 47.5 Å². The molecule has 0 saturated carbocycles. The maximum absolute atomic E-state index is 13.2. The van der Waals surface area contributed by atoms with Crippen LogP contribution >= 0.6 is 12.4 Å². The third kappa shape index (κ3) is 5.30. The van der Waals surface area contributed by atoms with E-state index in [1.54, 1.807) is 23.0 Å². The van der Waals surface area contributed by atoms with Crippen LogP contribution in [0, 0.1) is 11.7 Å². The monoisotopic (exact) mass is 394 g/mol. The van der Waals surface area contributed by atoms with Crippen LogP contribution in [0.3, 0.4) is 0 Å². The predicted molar refractivity (Wildman–Crippen MR) is 107 cm³/mol. The molecule has 1 aromatic heterocycles. The molecule has 0 spiro atoms. The Morgan fingerprint density at radius 3 is 2.74 bits per heavy atom. The number of rotatable bonds is 6. The smallest absolute Gasteiger partial charge is 0.254 e. The van der Waals surface area contributed by atoms with Gasteiger partial charge in [0, 0.05) is 6.54 Å². The third-order valence-corrected chi connectivity index (χ3v) is 4.91. The fourth-order valence-electron chi connectivity index (χ4n) is 3.53. The largest absolute Gasteiger partial charge is 0.352 e. The standard InChI is InChI=1S/C20H27FN4O.ClH/c1-14(2)19-18(13-24-25(19)17-7-5-16(21)6-8-17)20(26)23-11-9-15-4-3-10-22-12-15;/h5-8,13-15,22H,3-4,9-12H2,1-2H3,(H,23,26);1H. The zero-order chi connectivity index (χ0) is 18.5. The van der Waals surface area contributed by atoms with Crippen molar-refractivity contribution in [3.63, 3.8) is 0 Å². The fraction of sp³-hybridized carbons (Fsp3) is 0.500. The van der Waals surface area contributed by atoms with Crippen molar-refractivity contribution in [1.29, 1.82) is 0 Å². The van der Waals surface area contributed by atoms with Crippen molar-refractivity contribution in [2.45, 2.75) is 39.0 Å². The van der Waals surface area contributed by atoms with Crippen LogP contribution in [0.5, 0.6) is 0 Å². The lowest BCUT2D eigenvalue weighted by Gasteiger charge is -2.22. The van der Waals surface area contributed by atoms with Gasteiger partial charge >= 0.3 is 0 Å². The number of nitrogens with zero attached hydrogens (tertiary/aromatic N) is 2. The molecule has 1 unspecified atom stereocenters. The van der Waals surface area contributed by atoms with E-state index in [-0.39, 0.29) is 30.0 Å². The van der Waals surface area contributed by atoms with E-state index >= 15 is 0 Å². The van der Waals surface area contributed by atoms with Gasteiger partial charge in [0.25, 0.3) is 5.91 Å². The van der Waals surface area contributed by atoms with E-state index in [4.69, 9.17) is 0 Å². The normalized spacial score (nSPS) is 16.8. The van der Waals surface area contributed by atoms with Gasteiger partial charge in [0.15, 0.2) is 0 Å². The van der Waals surface area contributed by atoms with Gasteiger partial charge in [-0.3, -0.25) is 4.79 Å². The molecule has 1 saturated heterocycles. The Morgan fingerprint density at radius 2 is 2.11 bits per heavy atom. The summed E-state index contributed by atoms with van der Waals surface area (Å²) in [6.45, 7) is 6.87. The fourth-order valence-corrected chi connectivity index (χ4v) is 3.53. The number of benzene rings is 1. The number of carbonyl (C=O) groups excluding carboxylic acids is 1. The summed E-state index contributed by atoms with van der Waals surface area (Å²) in [5.74, 6) is 0.370. The van der Waals surface area contributed by atoms with Crippen LogP contribution in [0.4, 0.5) is 4.39 Å². The van der Waals surface area contributed by atoms with Gasteiger partial charge in [-0.2, -0.15) is 5.10 Å². The Balaban J connectivity index is 0.00000261. The lowest BCUT2D eigenvalue weighted by atomic mass is 9.96. The van der Waals surface area contributed by atoms with E-state index in [1.807, 2.05) is 13.8 Å². The molecule has 2 aromatic rings. The summed E-state index contributed by atoms with van der Waals surface area (Å²) >= 11 is 0. The zero-order valence-electron chi connectivity index (χ0n) is 15.9. The van der Waals surface area contributed by atoms with Crippen molar-refractivity contribution < 1.29 is 9.18 Å². The highest BCUT2D eigenvalue weighted by Crippen LogP contribution is 2.23. The molecule has 0 radical (unpaired) electrons. The van der Waals surface area contributed by atoms with E-state index in [0.29, 0.717) is 18.0 Å². The van der Waals surface area contributed by atoms with Crippen molar-refractivity contribution in [2.24, 2.45) is 5.92 Å². The van der Waals surface area contributed by atoms with Crippen LogP contribution in [0.1, 0.15) is 55.1 Å². The lowest BCUT2D eigenvalue weighted by Crippen LogP contribution is -2.33. The minimum Gasteiger partial charge on any atom is -0.352 e. The molecule has 148 valence electrons. The first-order chi connectivity index (χ1) is 12.6. The van der Waals surface area contributed by atoms with Gasteiger partial charge in [-0.05, 0) is 68.5 Å². The van der Waals surface area contributed by atoms with E-state index in [0.717, 1.165) is 30.9 Å². The van der Waals surface area contributed by atoms with Crippen LogP contribution in [0.25, 0.3) is 5.69 Å². The number of hydrogen-bond donors (Lipinski definition) is 2. The molecule has 1 amide bonds. The van der Waals surface area contributed by atoms with Gasteiger partial charge < -0.3 is 10.6 Å². The van der Waals surface area contributed by atoms with Crippen LogP contribution in [0.2, 0.25) is 0 Å². The first-order valence-corrected chi connectivity index (χ1v) is 9.39. The Morgan fingerprint density at radius 1 is 1.37 bits per heavy atom. The molecule has 1 aliphatic rings. The number of hydrogen-bond acceptors (Lipinski definition) is 3. The van der Waals surface area contributed by atoms with Crippen molar-refractivity contribution in [2.75, 3.05) is 19.6 Å². The van der Waals surface area contributed by atoms with Crippen LogP contribution in [-0.2, 0) is 0 Å². The molecule has 1 atom stereocenters. The molecule has 0 bridgehead atoms. The SMILES string of the molecule is CC(C)c1c(C(=O)NCCC2CCCNC2)cnn1-c1ccc(F)cc1.Cl. The highest BCUT2D eigenvalue weighted by atomic mass is 35.5. The molecule has 1 fully saturated rings. The molecule has 7 heteroatoms. The Hall–Kier alpha value is -1.92. The summed E-state index contributed by atoms with van der Waals surface area (Å²) in [4.78, 5) is 12.7. The number of piperidine rings is 1. The number of halogens is 2. The Bertz CT molecular complexity index is 739. The Labute approximate surface area is 166 Å². The molecule has 0 aliphatic carbocycles. The van der Waals surface area contributed by atoms with Crippen LogP contribution < -0.4 is 10.6 Å². The molecule has 2 N–H and O–H groups in total. The first-order valence-electron chi connectivity index (χ1n) is 9.39. The number of carbonyl (C=O) groups is 1. The predicted octanol–water partition coefficient (Wildman–Crippen LogP) is 3.68. The van der Waals surface area contributed by atoms with E-state index in [2.05, 4.69) is 15.7 Å². The quantitative estimate of drug-likeness (QED) is 0.785. The maximum Gasteiger partial charge on any atom is 0.254 e. The van der Waals surface area contributed by atoms with Crippen molar-refractivity contribution in [1.82, 2.24) is 20.4 Å².